The van der Waals surface area contributed by atoms with E-state index in [0.717, 1.165) is 5.56 Å². The molecule has 0 atom stereocenters. The molecule has 0 aliphatic heterocycles. The van der Waals surface area contributed by atoms with Crippen molar-refractivity contribution in [2.75, 3.05) is 6.61 Å². The number of H-pyrrole nitrogens is 1. The Labute approximate surface area is 148 Å². The van der Waals surface area contributed by atoms with Gasteiger partial charge in [0, 0.05) is 41.1 Å². The fourth-order valence-corrected chi connectivity index (χ4v) is 3.01. The van der Waals surface area contributed by atoms with Gasteiger partial charge in [-0.1, -0.05) is 36.4 Å². The maximum absolute atomic E-state index is 12.7. The van der Waals surface area contributed by atoms with Crippen LogP contribution in [0.2, 0.25) is 0 Å². The molecule has 1 aliphatic rings. The SMILES string of the molecule is O=C(OCCc1ccc2c(c1)C(=O)c1ccccc1C2=O)c1ncc[nH]1. The largest absolute Gasteiger partial charge is 0.459 e. The Bertz CT molecular complexity index is 1020. The molecule has 0 saturated carbocycles. The highest BCUT2D eigenvalue weighted by Gasteiger charge is 2.29. The molecule has 0 saturated heterocycles. The zero-order valence-electron chi connectivity index (χ0n) is 13.7. The molecule has 0 spiro atoms. The second kappa shape index (κ2) is 6.40. The van der Waals surface area contributed by atoms with Crippen molar-refractivity contribution in [3.63, 3.8) is 0 Å². The van der Waals surface area contributed by atoms with Gasteiger partial charge in [0.15, 0.2) is 11.6 Å². The molecule has 26 heavy (non-hydrogen) atoms. The summed E-state index contributed by atoms with van der Waals surface area (Å²) in [6, 6.07) is 12.0. The van der Waals surface area contributed by atoms with Crippen molar-refractivity contribution in [3.05, 3.63) is 88.5 Å². The number of imidazole rings is 1. The first-order valence-corrected chi connectivity index (χ1v) is 8.13. The van der Waals surface area contributed by atoms with Crippen LogP contribution in [-0.4, -0.2) is 34.1 Å². The number of esters is 1. The van der Waals surface area contributed by atoms with Gasteiger partial charge in [-0.2, -0.15) is 0 Å². The van der Waals surface area contributed by atoms with E-state index in [4.69, 9.17) is 4.74 Å². The highest BCUT2D eigenvalue weighted by atomic mass is 16.5. The van der Waals surface area contributed by atoms with E-state index in [1.165, 1.54) is 6.20 Å². The number of aromatic amines is 1. The second-order valence-electron chi connectivity index (χ2n) is 5.91. The van der Waals surface area contributed by atoms with Gasteiger partial charge >= 0.3 is 5.97 Å². The Balaban J connectivity index is 1.51. The number of benzene rings is 2. The van der Waals surface area contributed by atoms with Crippen LogP contribution in [-0.2, 0) is 11.2 Å². The molecule has 4 rings (SSSR count). The van der Waals surface area contributed by atoms with Crippen LogP contribution >= 0.6 is 0 Å². The molecule has 0 amide bonds. The monoisotopic (exact) mass is 346 g/mol. The summed E-state index contributed by atoms with van der Waals surface area (Å²) in [5.74, 6) is -0.698. The third kappa shape index (κ3) is 2.71. The maximum Gasteiger partial charge on any atom is 0.374 e. The lowest BCUT2D eigenvalue weighted by Crippen LogP contribution is -2.21. The van der Waals surface area contributed by atoms with E-state index in [0.29, 0.717) is 28.7 Å². The van der Waals surface area contributed by atoms with Crippen LogP contribution in [0.4, 0.5) is 0 Å². The summed E-state index contributed by atoms with van der Waals surface area (Å²) in [4.78, 5) is 43.5. The van der Waals surface area contributed by atoms with Gasteiger partial charge in [-0.05, 0) is 11.6 Å². The molecule has 0 fully saturated rings. The smallest absolute Gasteiger partial charge is 0.374 e. The van der Waals surface area contributed by atoms with Gasteiger partial charge < -0.3 is 9.72 Å². The van der Waals surface area contributed by atoms with Crippen LogP contribution in [0.15, 0.2) is 54.9 Å². The third-order valence-electron chi connectivity index (χ3n) is 4.31. The Morgan fingerprint density at radius 3 is 2.35 bits per heavy atom. The topological polar surface area (TPSA) is 89.1 Å². The number of aromatic nitrogens is 2. The first-order chi connectivity index (χ1) is 12.6. The molecule has 0 radical (unpaired) electrons. The van der Waals surface area contributed by atoms with Gasteiger partial charge in [0.1, 0.15) is 0 Å². The van der Waals surface area contributed by atoms with E-state index in [1.807, 2.05) is 0 Å². The van der Waals surface area contributed by atoms with E-state index in [9.17, 15) is 14.4 Å². The van der Waals surface area contributed by atoms with Crippen molar-refractivity contribution in [3.8, 4) is 0 Å². The fourth-order valence-electron chi connectivity index (χ4n) is 3.01. The second-order valence-corrected chi connectivity index (χ2v) is 5.91. The highest BCUT2D eigenvalue weighted by molar-refractivity contribution is 6.28. The first kappa shape index (κ1) is 16.0. The summed E-state index contributed by atoms with van der Waals surface area (Å²) >= 11 is 0. The predicted molar refractivity (Wildman–Crippen MR) is 92.3 cm³/mol. The molecule has 3 aromatic rings. The van der Waals surface area contributed by atoms with E-state index in [-0.39, 0.29) is 24.0 Å². The minimum Gasteiger partial charge on any atom is -0.459 e. The number of carbonyl (C=O) groups excluding carboxylic acids is 3. The van der Waals surface area contributed by atoms with Crippen molar-refractivity contribution < 1.29 is 19.1 Å². The van der Waals surface area contributed by atoms with Crippen molar-refractivity contribution in [1.29, 1.82) is 0 Å². The molecular formula is C20H14N2O4. The summed E-state index contributed by atoms with van der Waals surface area (Å²) in [7, 11) is 0. The lowest BCUT2D eigenvalue weighted by atomic mass is 9.83. The number of hydrogen-bond acceptors (Lipinski definition) is 5. The van der Waals surface area contributed by atoms with Crippen LogP contribution < -0.4 is 0 Å². The molecule has 1 aromatic heterocycles. The minimum atomic E-state index is -0.534. The molecule has 0 unspecified atom stereocenters. The standard InChI is InChI=1S/C20H14N2O4/c23-17-13-3-1-2-4-14(13)18(24)16-11-12(5-6-15(16)17)7-10-26-20(25)19-21-8-9-22-19/h1-6,8-9,11H,7,10H2,(H,21,22). The van der Waals surface area contributed by atoms with E-state index < -0.39 is 5.97 Å². The fraction of sp³-hybridized carbons (Fsp3) is 0.100. The molecular weight excluding hydrogens is 332 g/mol. The van der Waals surface area contributed by atoms with Crippen LogP contribution in [0.25, 0.3) is 0 Å². The lowest BCUT2D eigenvalue weighted by molar-refractivity contribution is 0.0496. The third-order valence-corrected chi connectivity index (χ3v) is 4.31. The maximum atomic E-state index is 12.7. The minimum absolute atomic E-state index is 0.146. The van der Waals surface area contributed by atoms with Gasteiger partial charge in [-0.15, -0.1) is 0 Å². The quantitative estimate of drug-likeness (QED) is 0.574. The van der Waals surface area contributed by atoms with Crippen molar-refractivity contribution in [1.82, 2.24) is 9.97 Å². The summed E-state index contributed by atoms with van der Waals surface area (Å²) in [5.41, 5.74) is 2.47. The van der Waals surface area contributed by atoms with Gasteiger partial charge in [0.25, 0.3) is 0 Å². The number of hydrogen-bond donors (Lipinski definition) is 1. The number of nitrogens with one attached hydrogen (secondary N) is 1. The Kier molecular flexibility index (Phi) is 3.93. The molecule has 2 aromatic carbocycles. The first-order valence-electron chi connectivity index (χ1n) is 8.13. The zero-order chi connectivity index (χ0) is 18.1. The lowest BCUT2D eigenvalue weighted by Gasteiger charge is -2.18. The molecule has 1 aliphatic carbocycles. The van der Waals surface area contributed by atoms with Gasteiger partial charge in [0.2, 0.25) is 5.82 Å². The molecule has 1 heterocycles. The highest BCUT2D eigenvalue weighted by Crippen LogP contribution is 2.27. The zero-order valence-corrected chi connectivity index (χ0v) is 13.7. The van der Waals surface area contributed by atoms with Gasteiger partial charge in [-0.25, -0.2) is 9.78 Å². The predicted octanol–water partition coefficient (Wildman–Crippen LogP) is 2.58. The molecule has 128 valence electrons. The summed E-state index contributed by atoms with van der Waals surface area (Å²) in [6.07, 6.45) is 3.45. The van der Waals surface area contributed by atoms with E-state index in [1.54, 1.807) is 48.7 Å². The molecule has 6 nitrogen and oxygen atoms in total. The number of ketones is 2. The summed E-state index contributed by atoms with van der Waals surface area (Å²) in [5, 5.41) is 0. The number of nitrogens with zero attached hydrogens (tertiary/aromatic N) is 1. The van der Waals surface area contributed by atoms with Crippen LogP contribution in [0, 0.1) is 0 Å². The molecule has 1 N–H and O–H groups in total. The average Bonchev–Trinajstić information content (AvgIpc) is 3.21. The van der Waals surface area contributed by atoms with Crippen LogP contribution in [0.3, 0.4) is 0 Å². The Morgan fingerprint density at radius 2 is 1.65 bits per heavy atom. The van der Waals surface area contributed by atoms with E-state index in [2.05, 4.69) is 9.97 Å². The van der Waals surface area contributed by atoms with Crippen molar-refractivity contribution in [2.45, 2.75) is 6.42 Å². The Morgan fingerprint density at radius 1 is 0.962 bits per heavy atom. The van der Waals surface area contributed by atoms with Gasteiger partial charge in [0.05, 0.1) is 6.61 Å². The Hall–Kier alpha value is -3.54. The van der Waals surface area contributed by atoms with E-state index >= 15 is 0 Å². The van der Waals surface area contributed by atoms with Crippen LogP contribution in [0.5, 0.6) is 0 Å². The normalized spacial score (nSPS) is 12.5. The summed E-state index contributed by atoms with van der Waals surface area (Å²) in [6.45, 7) is 0.150. The molecule has 0 bridgehead atoms. The van der Waals surface area contributed by atoms with Crippen molar-refractivity contribution in [2.24, 2.45) is 0 Å². The molecule has 6 heteroatoms. The van der Waals surface area contributed by atoms with Crippen LogP contribution in [0.1, 0.15) is 48.0 Å². The van der Waals surface area contributed by atoms with Crippen molar-refractivity contribution >= 4 is 17.5 Å². The number of ether oxygens (including phenoxy) is 1. The average molecular weight is 346 g/mol. The van der Waals surface area contributed by atoms with Gasteiger partial charge in [-0.3, -0.25) is 9.59 Å². The number of fused-ring (bicyclic) bond motifs is 2. The number of carbonyl (C=O) groups is 3. The summed E-state index contributed by atoms with van der Waals surface area (Å²) < 4.78 is 5.15. The number of rotatable bonds is 4.